The summed E-state index contributed by atoms with van der Waals surface area (Å²) in [6.45, 7) is 7.66. The number of hydrogen-bond acceptors (Lipinski definition) is 7. The highest BCUT2D eigenvalue weighted by molar-refractivity contribution is 8.15. The number of benzene rings is 2. The van der Waals surface area contributed by atoms with E-state index in [1.165, 1.54) is 18.9 Å². The summed E-state index contributed by atoms with van der Waals surface area (Å²) in [6.07, 6.45) is 0.725. The van der Waals surface area contributed by atoms with E-state index >= 15 is 0 Å². The van der Waals surface area contributed by atoms with Crippen LogP contribution >= 0.6 is 11.8 Å². The number of aliphatic imine (C=N–C) groups is 1. The molecule has 0 saturated carbocycles. The number of amidine groups is 1. The van der Waals surface area contributed by atoms with Gasteiger partial charge in [0.25, 0.3) is 0 Å². The summed E-state index contributed by atoms with van der Waals surface area (Å²) < 4.78 is 16.0. The molecule has 1 atom stereocenters. The minimum Gasteiger partial charge on any atom is -0.493 e. The van der Waals surface area contributed by atoms with E-state index in [0.29, 0.717) is 48.5 Å². The molecule has 1 saturated heterocycles. The third-order valence-corrected chi connectivity index (χ3v) is 6.68. The molecule has 8 nitrogen and oxygen atoms in total. The van der Waals surface area contributed by atoms with Gasteiger partial charge in [-0.2, -0.15) is 0 Å². The Bertz CT molecular complexity index is 1090. The van der Waals surface area contributed by atoms with Crippen molar-refractivity contribution in [2.45, 2.75) is 38.9 Å². The van der Waals surface area contributed by atoms with Crippen LogP contribution in [0.4, 0.5) is 11.4 Å². The predicted molar refractivity (Wildman–Crippen MR) is 140 cm³/mol. The smallest absolute Gasteiger partial charge is 0.242 e. The number of nitrogens with zero attached hydrogens (tertiary/aromatic N) is 2. The lowest BCUT2D eigenvalue weighted by molar-refractivity contribution is -0.128. The van der Waals surface area contributed by atoms with Crippen molar-refractivity contribution in [1.29, 1.82) is 0 Å². The van der Waals surface area contributed by atoms with Gasteiger partial charge >= 0.3 is 0 Å². The zero-order chi connectivity index (χ0) is 25.4. The molecule has 2 aromatic carbocycles. The number of carbonyl (C=O) groups is 2. The van der Waals surface area contributed by atoms with E-state index in [-0.39, 0.29) is 18.2 Å². The molecule has 2 aromatic rings. The summed E-state index contributed by atoms with van der Waals surface area (Å²) in [7, 11) is 3.09. The van der Waals surface area contributed by atoms with Gasteiger partial charge in [0.1, 0.15) is 5.25 Å². The van der Waals surface area contributed by atoms with Gasteiger partial charge in [0.15, 0.2) is 16.7 Å². The Morgan fingerprint density at radius 3 is 2.57 bits per heavy atom. The first-order chi connectivity index (χ1) is 16.9. The third kappa shape index (κ3) is 6.99. The van der Waals surface area contributed by atoms with E-state index in [0.717, 1.165) is 16.8 Å². The Kier molecular flexibility index (Phi) is 9.56. The molecule has 1 unspecified atom stereocenters. The number of nitrogens with one attached hydrogen (secondary N) is 1. The summed E-state index contributed by atoms with van der Waals surface area (Å²) in [5.41, 5.74) is 3.58. The summed E-state index contributed by atoms with van der Waals surface area (Å²) in [6, 6.07) is 11.2. The standard InChI is InChI=1S/C26H33N3O5S/c1-6-34-13-7-12-29-25(31)23(35-26(29)28-20-10-8-17(2)14-18(20)3)16-24(30)27-19-9-11-21(32-4)22(15-19)33-5/h8-11,14-15,23H,6-7,12-13,16H2,1-5H3,(H,27,30). The van der Waals surface area contributed by atoms with Crippen molar-refractivity contribution in [2.24, 2.45) is 4.99 Å². The van der Waals surface area contributed by atoms with Gasteiger partial charge < -0.3 is 19.5 Å². The first-order valence-corrected chi connectivity index (χ1v) is 12.5. The molecular weight excluding hydrogens is 466 g/mol. The molecule has 0 aromatic heterocycles. The number of rotatable bonds is 11. The van der Waals surface area contributed by atoms with Crippen LogP contribution in [-0.2, 0) is 14.3 Å². The van der Waals surface area contributed by atoms with Gasteiger partial charge in [-0.15, -0.1) is 0 Å². The number of thioether (sulfide) groups is 1. The van der Waals surface area contributed by atoms with Gasteiger partial charge in [0, 0.05) is 37.9 Å². The first kappa shape index (κ1) is 26.6. The normalized spacial score (nSPS) is 16.6. The zero-order valence-electron chi connectivity index (χ0n) is 20.9. The van der Waals surface area contributed by atoms with Gasteiger partial charge in [0.05, 0.1) is 19.9 Å². The van der Waals surface area contributed by atoms with E-state index < -0.39 is 5.25 Å². The molecule has 0 bridgehead atoms. The fourth-order valence-corrected chi connectivity index (χ4v) is 4.90. The highest BCUT2D eigenvalue weighted by Crippen LogP contribution is 2.34. The number of ether oxygens (including phenoxy) is 3. The van der Waals surface area contributed by atoms with Crippen molar-refractivity contribution in [3.8, 4) is 11.5 Å². The second-order valence-electron chi connectivity index (χ2n) is 8.15. The topological polar surface area (TPSA) is 89.5 Å². The molecule has 9 heteroatoms. The van der Waals surface area contributed by atoms with Gasteiger partial charge in [0.2, 0.25) is 11.8 Å². The number of methoxy groups -OCH3 is 2. The minimum atomic E-state index is -0.549. The first-order valence-electron chi connectivity index (χ1n) is 11.6. The average molecular weight is 500 g/mol. The van der Waals surface area contributed by atoms with Gasteiger partial charge in [-0.05, 0) is 51.0 Å². The Hall–Kier alpha value is -3.04. The van der Waals surface area contributed by atoms with Gasteiger partial charge in [-0.3, -0.25) is 14.5 Å². The van der Waals surface area contributed by atoms with Crippen LogP contribution in [0.3, 0.4) is 0 Å². The maximum absolute atomic E-state index is 13.2. The number of amides is 2. The van der Waals surface area contributed by atoms with E-state index in [4.69, 9.17) is 19.2 Å². The lowest BCUT2D eigenvalue weighted by atomic mass is 10.1. The lowest BCUT2D eigenvalue weighted by Gasteiger charge is -2.17. The molecule has 1 aliphatic rings. The number of carbonyl (C=O) groups excluding carboxylic acids is 2. The van der Waals surface area contributed by atoms with Crippen molar-refractivity contribution in [3.05, 3.63) is 47.5 Å². The number of anilines is 1. The average Bonchev–Trinajstić information content (AvgIpc) is 3.12. The van der Waals surface area contributed by atoms with Crippen LogP contribution in [0.2, 0.25) is 0 Å². The molecule has 35 heavy (non-hydrogen) atoms. The van der Waals surface area contributed by atoms with Crippen molar-refractivity contribution in [3.63, 3.8) is 0 Å². The second kappa shape index (κ2) is 12.6. The highest BCUT2D eigenvalue weighted by atomic mass is 32.2. The molecule has 1 heterocycles. The maximum atomic E-state index is 13.2. The van der Waals surface area contributed by atoms with E-state index in [9.17, 15) is 9.59 Å². The molecule has 1 N–H and O–H groups in total. The molecule has 0 spiro atoms. The van der Waals surface area contributed by atoms with Crippen LogP contribution < -0.4 is 14.8 Å². The number of hydrogen-bond donors (Lipinski definition) is 1. The molecule has 0 radical (unpaired) electrons. The monoisotopic (exact) mass is 499 g/mol. The van der Waals surface area contributed by atoms with Crippen LogP contribution in [0.5, 0.6) is 11.5 Å². The summed E-state index contributed by atoms with van der Waals surface area (Å²) >= 11 is 1.33. The summed E-state index contributed by atoms with van der Waals surface area (Å²) in [5, 5.41) is 2.92. The van der Waals surface area contributed by atoms with Crippen LogP contribution in [0.15, 0.2) is 41.4 Å². The molecule has 1 aliphatic heterocycles. The molecule has 188 valence electrons. The maximum Gasteiger partial charge on any atom is 0.242 e. The van der Waals surface area contributed by atoms with Crippen LogP contribution in [-0.4, -0.2) is 61.1 Å². The van der Waals surface area contributed by atoms with Crippen LogP contribution in [0, 0.1) is 13.8 Å². The fourth-order valence-electron chi connectivity index (χ4n) is 3.73. The van der Waals surface area contributed by atoms with Crippen LogP contribution in [0.25, 0.3) is 0 Å². The molecule has 0 aliphatic carbocycles. The molecule has 3 rings (SSSR count). The molecule has 2 amide bonds. The Morgan fingerprint density at radius 2 is 1.89 bits per heavy atom. The largest absolute Gasteiger partial charge is 0.493 e. The Balaban J connectivity index is 1.74. The van der Waals surface area contributed by atoms with Gasteiger partial charge in [-0.25, -0.2) is 4.99 Å². The van der Waals surface area contributed by atoms with Crippen molar-refractivity contribution in [2.75, 3.05) is 39.3 Å². The third-order valence-electron chi connectivity index (χ3n) is 5.50. The van der Waals surface area contributed by atoms with E-state index in [1.54, 1.807) is 30.2 Å². The summed E-state index contributed by atoms with van der Waals surface area (Å²) in [4.78, 5) is 32.5. The van der Waals surface area contributed by atoms with E-state index in [1.807, 2.05) is 32.9 Å². The van der Waals surface area contributed by atoms with Crippen molar-refractivity contribution < 1.29 is 23.8 Å². The zero-order valence-corrected chi connectivity index (χ0v) is 21.7. The van der Waals surface area contributed by atoms with Gasteiger partial charge in [-0.1, -0.05) is 29.5 Å². The van der Waals surface area contributed by atoms with E-state index in [2.05, 4.69) is 11.4 Å². The second-order valence-corrected chi connectivity index (χ2v) is 9.32. The molecule has 1 fully saturated rings. The summed E-state index contributed by atoms with van der Waals surface area (Å²) in [5.74, 6) is 0.713. The van der Waals surface area contributed by atoms with Crippen molar-refractivity contribution in [1.82, 2.24) is 4.90 Å². The fraction of sp³-hybridized carbons (Fsp3) is 0.423. The minimum absolute atomic E-state index is 0.0334. The van der Waals surface area contributed by atoms with Crippen LogP contribution in [0.1, 0.15) is 30.9 Å². The lowest BCUT2D eigenvalue weighted by Crippen LogP contribution is -2.34. The Morgan fingerprint density at radius 1 is 1.11 bits per heavy atom. The van der Waals surface area contributed by atoms with Crippen molar-refractivity contribution >= 4 is 40.1 Å². The highest BCUT2D eigenvalue weighted by Gasteiger charge is 2.39. The SMILES string of the molecule is CCOCCCN1C(=O)C(CC(=O)Nc2ccc(OC)c(OC)c2)SC1=Nc1ccc(C)cc1C. The Labute approximate surface area is 211 Å². The quantitative estimate of drug-likeness (QED) is 0.451. The predicted octanol–water partition coefficient (Wildman–Crippen LogP) is 4.71. The molecular formula is C26H33N3O5S. The number of aryl methyl sites for hydroxylation is 2.